The van der Waals surface area contributed by atoms with E-state index in [-0.39, 0.29) is 18.3 Å². The highest BCUT2D eigenvalue weighted by Gasteiger charge is 2.15. The number of nitrogens with zero attached hydrogens (tertiary/aromatic N) is 2. The first-order valence-electron chi connectivity index (χ1n) is 16.3. The molecule has 8 nitrogen and oxygen atoms in total. The van der Waals surface area contributed by atoms with Gasteiger partial charge in [0.1, 0.15) is 5.84 Å². The molecule has 0 aliphatic heterocycles. The first-order chi connectivity index (χ1) is 23.5. The van der Waals surface area contributed by atoms with Crippen molar-refractivity contribution in [3.8, 4) is 0 Å². The minimum Gasteiger partial charge on any atom is -0.346 e. The molecular formula is C41H46N8. The summed E-state index contributed by atoms with van der Waals surface area (Å²) in [6.07, 6.45) is 1.79. The fraction of sp³-hybridized carbons (Fsp3) is 0.195. The van der Waals surface area contributed by atoms with E-state index in [1.165, 1.54) is 10.8 Å². The highest BCUT2D eigenvalue weighted by molar-refractivity contribution is 6.17. The first kappa shape index (κ1) is 36.3. The summed E-state index contributed by atoms with van der Waals surface area (Å²) in [5, 5.41) is 34.5. The predicted molar refractivity (Wildman–Crippen MR) is 208 cm³/mol. The van der Waals surface area contributed by atoms with Crippen LogP contribution in [-0.4, -0.2) is 42.0 Å². The number of allylic oxidation sites excluding steroid dienone is 1. The van der Waals surface area contributed by atoms with Crippen LogP contribution in [0.2, 0.25) is 0 Å². The van der Waals surface area contributed by atoms with Crippen LogP contribution in [0.4, 0.5) is 0 Å². The molecule has 0 aliphatic rings. The second-order valence-electron chi connectivity index (χ2n) is 12.0. The molecule has 0 amide bonds. The summed E-state index contributed by atoms with van der Waals surface area (Å²) in [5.74, 6) is 0.316. The van der Waals surface area contributed by atoms with Gasteiger partial charge in [0, 0.05) is 69.6 Å². The molecule has 0 unspecified atom stereocenters. The van der Waals surface area contributed by atoms with E-state index in [9.17, 15) is 5.41 Å². The molecule has 4 aromatic carbocycles. The molecule has 7 N–H and O–H groups in total. The van der Waals surface area contributed by atoms with Crippen molar-refractivity contribution >= 4 is 45.6 Å². The van der Waals surface area contributed by atoms with Crippen LogP contribution < -0.4 is 26.8 Å². The third-order valence-electron chi connectivity index (χ3n) is 8.14. The van der Waals surface area contributed by atoms with Gasteiger partial charge in [-0.3, -0.25) is 21.1 Å². The van der Waals surface area contributed by atoms with Gasteiger partial charge in [0.15, 0.2) is 5.84 Å². The lowest BCUT2D eigenvalue weighted by atomic mass is 9.97. The van der Waals surface area contributed by atoms with Gasteiger partial charge in [-0.15, -0.1) is 0 Å². The Balaban J connectivity index is 1.73. The molecule has 0 aliphatic carbocycles. The molecule has 0 fully saturated rings. The number of benzene rings is 4. The molecule has 0 bridgehead atoms. The molecule has 0 aromatic heterocycles. The molecule has 0 saturated heterocycles. The SMILES string of the molecule is CC(=N)c1ccccc1C(=N)N/C=C(/C)c1ccccc1C(CNCN)=NC(=N)c1ccccc1C(C)=N/C(C)=c1\ccccc1=C(C)C. The number of nitrogens with two attached hydrogens (primary N) is 1. The Bertz CT molecular complexity index is 2100. The first-order valence-corrected chi connectivity index (χ1v) is 16.3. The molecule has 4 aromatic rings. The molecule has 250 valence electrons. The second-order valence-corrected chi connectivity index (χ2v) is 12.0. The minimum atomic E-state index is 0.115. The van der Waals surface area contributed by atoms with Crippen molar-refractivity contribution in [1.29, 1.82) is 16.2 Å². The van der Waals surface area contributed by atoms with Crippen molar-refractivity contribution in [2.75, 3.05) is 13.2 Å². The largest absolute Gasteiger partial charge is 0.346 e. The summed E-state index contributed by atoms with van der Waals surface area (Å²) in [4.78, 5) is 9.89. The van der Waals surface area contributed by atoms with Crippen molar-refractivity contribution in [2.45, 2.75) is 41.5 Å². The summed E-state index contributed by atoms with van der Waals surface area (Å²) >= 11 is 0. The maximum atomic E-state index is 9.20. The Morgan fingerprint density at radius 1 is 0.633 bits per heavy atom. The van der Waals surface area contributed by atoms with Crippen LogP contribution in [0, 0.1) is 16.2 Å². The van der Waals surface area contributed by atoms with Gasteiger partial charge in [0.2, 0.25) is 0 Å². The molecule has 4 rings (SSSR count). The highest BCUT2D eigenvalue weighted by atomic mass is 15.0. The fourth-order valence-corrected chi connectivity index (χ4v) is 5.64. The zero-order chi connectivity index (χ0) is 35.5. The maximum absolute atomic E-state index is 9.20. The number of hydrogen-bond acceptors (Lipinski definition) is 6. The monoisotopic (exact) mass is 650 g/mol. The van der Waals surface area contributed by atoms with E-state index in [1.807, 2.05) is 106 Å². The van der Waals surface area contributed by atoms with Crippen molar-refractivity contribution < 1.29 is 0 Å². The highest BCUT2D eigenvalue weighted by Crippen LogP contribution is 2.21. The van der Waals surface area contributed by atoms with Crippen LogP contribution in [0.5, 0.6) is 0 Å². The van der Waals surface area contributed by atoms with Crippen molar-refractivity contribution in [3.05, 3.63) is 147 Å². The summed E-state index contributed by atoms with van der Waals surface area (Å²) in [6, 6.07) is 31.3. The number of amidine groups is 2. The zero-order valence-electron chi connectivity index (χ0n) is 29.2. The Morgan fingerprint density at radius 2 is 1.16 bits per heavy atom. The van der Waals surface area contributed by atoms with E-state index >= 15 is 0 Å². The van der Waals surface area contributed by atoms with Gasteiger partial charge in [0.25, 0.3) is 0 Å². The van der Waals surface area contributed by atoms with E-state index in [0.717, 1.165) is 38.9 Å². The minimum absolute atomic E-state index is 0.115. The summed E-state index contributed by atoms with van der Waals surface area (Å²) in [5.41, 5.74) is 15.3. The fourth-order valence-electron chi connectivity index (χ4n) is 5.64. The average Bonchev–Trinajstić information content (AvgIpc) is 3.11. The van der Waals surface area contributed by atoms with Crippen LogP contribution in [0.1, 0.15) is 74.9 Å². The number of rotatable bonds is 11. The van der Waals surface area contributed by atoms with Crippen LogP contribution in [0.15, 0.2) is 113 Å². The van der Waals surface area contributed by atoms with Crippen molar-refractivity contribution in [2.24, 2.45) is 15.7 Å². The van der Waals surface area contributed by atoms with Gasteiger partial charge < -0.3 is 16.5 Å². The quantitative estimate of drug-likeness (QED) is 0.0653. The lowest BCUT2D eigenvalue weighted by Gasteiger charge is -2.15. The van der Waals surface area contributed by atoms with Gasteiger partial charge in [-0.1, -0.05) is 103 Å². The van der Waals surface area contributed by atoms with Crippen molar-refractivity contribution in [3.63, 3.8) is 0 Å². The molecule has 49 heavy (non-hydrogen) atoms. The van der Waals surface area contributed by atoms with E-state index in [0.29, 0.717) is 34.7 Å². The van der Waals surface area contributed by atoms with Crippen LogP contribution in [-0.2, 0) is 0 Å². The lowest BCUT2D eigenvalue weighted by Crippen LogP contribution is -2.30. The average molecular weight is 651 g/mol. The predicted octanol–water partition coefficient (Wildman–Crippen LogP) is 6.20. The van der Waals surface area contributed by atoms with Crippen LogP contribution >= 0.6 is 0 Å². The molecular weight excluding hydrogens is 605 g/mol. The number of nitrogens with one attached hydrogen (secondary N) is 5. The zero-order valence-corrected chi connectivity index (χ0v) is 29.2. The maximum Gasteiger partial charge on any atom is 0.152 e. The smallest absolute Gasteiger partial charge is 0.152 e. The van der Waals surface area contributed by atoms with Gasteiger partial charge in [-0.2, -0.15) is 0 Å². The van der Waals surface area contributed by atoms with Crippen LogP contribution in [0.3, 0.4) is 0 Å². The lowest BCUT2D eigenvalue weighted by molar-refractivity contribution is 0.792. The van der Waals surface area contributed by atoms with E-state index in [4.69, 9.17) is 26.5 Å². The van der Waals surface area contributed by atoms with E-state index < -0.39 is 0 Å². The van der Waals surface area contributed by atoms with Crippen molar-refractivity contribution in [1.82, 2.24) is 10.6 Å². The molecule has 0 atom stereocenters. The third-order valence-corrected chi connectivity index (χ3v) is 8.14. The Labute approximate surface area is 289 Å². The molecule has 0 spiro atoms. The Hall–Kier alpha value is -5.57. The molecule has 0 radical (unpaired) electrons. The van der Waals surface area contributed by atoms with Gasteiger partial charge in [0.05, 0.1) is 5.71 Å². The van der Waals surface area contributed by atoms with Gasteiger partial charge in [-0.05, 0) is 57.9 Å². The van der Waals surface area contributed by atoms with E-state index in [1.54, 1.807) is 13.1 Å². The standard InChI is InChI=1S/C41H46N8/c1-26(2)31-15-7-10-18-34(31)29(5)48-30(6)35-19-11-14-22-38(35)41(45)49-39(24-46-25-42)36-20-12-8-16-32(36)27(3)23-47-40(44)37-21-13-9-17-33(37)28(4)43/h7-23,43,45-46H,24-25,42H2,1-6H3,(H2,44,47)/b27-23-,34-29+,43-28?,45-41?,48-30?,49-39?. The normalized spacial score (nSPS) is 12.8. The summed E-state index contributed by atoms with van der Waals surface area (Å²) in [7, 11) is 0. The number of aliphatic imine (C=N–C) groups is 2. The molecule has 0 heterocycles. The second kappa shape index (κ2) is 17.0. The topological polar surface area (TPSA) is 146 Å². The van der Waals surface area contributed by atoms with Gasteiger partial charge in [-0.25, -0.2) is 4.99 Å². The number of hydrogen-bond donors (Lipinski definition) is 6. The summed E-state index contributed by atoms with van der Waals surface area (Å²) < 4.78 is 0. The Kier molecular flexibility index (Phi) is 12.6. The third kappa shape index (κ3) is 9.07. The Morgan fingerprint density at radius 3 is 1.78 bits per heavy atom. The van der Waals surface area contributed by atoms with Crippen LogP contribution in [0.25, 0.3) is 16.8 Å². The van der Waals surface area contributed by atoms with E-state index in [2.05, 4.69) is 36.6 Å². The summed E-state index contributed by atoms with van der Waals surface area (Å²) in [6.45, 7) is 12.5. The van der Waals surface area contributed by atoms with Gasteiger partial charge >= 0.3 is 0 Å². The molecule has 0 saturated carbocycles. The molecule has 8 heteroatoms.